The van der Waals surface area contributed by atoms with Gasteiger partial charge in [-0.25, -0.2) is 0 Å². The molecule has 3 fully saturated rings. The molecule has 4 aliphatic rings. The molecule has 0 aromatic heterocycles. The van der Waals surface area contributed by atoms with Gasteiger partial charge in [-0.3, -0.25) is 0 Å². The molecular formula is C27H44O2. The Hall–Kier alpha value is -0.600. The van der Waals surface area contributed by atoms with Crippen molar-refractivity contribution in [2.75, 3.05) is 0 Å². The summed E-state index contributed by atoms with van der Waals surface area (Å²) in [4.78, 5) is 0. The van der Waals surface area contributed by atoms with Gasteiger partial charge < -0.3 is 10.2 Å². The van der Waals surface area contributed by atoms with E-state index < -0.39 is 5.60 Å². The first-order valence-electron chi connectivity index (χ1n) is 12.3. The highest BCUT2D eigenvalue weighted by molar-refractivity contribution is 5.26. The van der Waals surface area contributed by atoms with Crippen molar-refractivity contribution in [1.82, 2.24) is 0 Å². The highest BCUT2D eigenvalue weighted by Gasteiger charge is 2.64. The SMILES string of the molecule is CC(C)=CCC[C@@H](C)[C@@]1(O)CC[C@H]2[C@@H]3CC=C4C[C@@H](O)CC[C@]4(C)[C@H]3CC[C@@]21C. The molecule has 0 bridgehead atoms. The zero-order valence-corrected chi connectivity index (χ0v) is 19.5. The second-order valence-electron chi connectivity index (χ2n) is 11.8. The Morgan fingerprint density at radius 3 is 2.59 bits per heavy atom. The Morgan fingerprint density at radius 1 is 1.14 bits per heavy atom. The first-order chi connectivity index (χ1) is 13.6. The zero-order valence-electron chi connectivity index (χ0n) is 19.5. The van der Waals surface area contributed by atoms with Crippen molar-refractivity contribution >= 4 is 0 Å². The number of hydrogen-bond donors (Lipinski definition) is 2. The van der Waals surface area contributed by atoms with Crippen molar-refractivity contribution in [3.8, 4) is 0 Å². The summed E-state index contributed by atoms with van der Waals surface area (Å²) in [6.45, 7) is 11.6. The van der Waals surface area contributed by atoms with Gasteiger partial charge in [0.25, 0.3) is 0 Å². The van der Waals surface area contributed by atoms with Gasteiger partial charge in [0.2, 0.25) is 0 Å². The van der Waals surface area contributed by atoms with Crippen LogP contribution >= 0.6 is 0 Å². The van der Waals surface area contributed by atoms with Gasteiger partial charge in [0.1, 0.15) is 0 Å². The van der Waals surface area contributed by atoms with Crippen molar-refractivity contribution in [2.24, 2.45) is 34.5 Å². The molecule has 2 nitrogen and oxygen atoms in total. The molecule has 4 aliphatic carbocycles. The maximum Gasteiger partial charge on any atom is 0.0729 e. The summed E-state index contributed by atoms with van der Waals surface area (Å²) >= 11 is 0. The summed E-state index contributed by atoms with van der Waals surface area (Å²) < 4.78 is 0. The topological polar surface area (TPSA) is 40.5 Å². The molecular weight excluding hydrogens is 356 g/mol. The van der Waals surface area contributed by atoms with Crippen LogP contribution in [-0.4, -0.2) is 21.9 Å². The largest absolute Gasteiger partial charge is 0.393 e. The van der Waals surface area contributed by atoms with Gasteiger partial charge in [-0.15, -0.1) is 0 Å². The van der Waals surface area contributed by atoms with Crippen molar-refractivity contribution in [3.63, 3.8) is 0 Å². The maximum atomic E-state index is 12.0. The van der Waals surface area contributed by atoms with E-state index in [1.165, 1.54) is 31.3 Å². The van der Waals surface area contributed by atoms with E-state index in [-0.39, 0.29) is 11.5 Å². The molecule has 0 unspecified atom stereocenters. The number of allylic oxidation sites excluding steroid dienone is 3. The van der Waals surface area contributed by atoms with Gasteiger partial charge in [0, 0.05) is 0 Å². The zero-order chi connectivity index (χ0) is 21.0. The summed E-state index contributed by atoms with van der Waals surface area (Å²) in [7, 11) is 0. The minimum Gasteiger partial charge on any atom is -0.393 e. The van der Waals surface area contributed by atoms with Crippen LogP contribution < -0.4 is 0 Å². The van der Waals surface area contributed by atoms with E-state index in [0.717, 1.165) is 50.4 Å². The van der Waals surface area contributed by atoms with Crippen LogP contribution in [0.1, 0.15) is 98.8 Å². The van der Waals surface area contributed by atoms with E-state index in [9.17, 15) is 10.2 Å². The Labute approximate surface area is 178 Å². The molecule has 164 valence electrons. The van der Waals surface area contributed by atoms with E-state index in [2.05, 4.69) is 46.8 Å². The van der Waals surface area contributed by atoms with Crippen LogP contribution in [0.25, 0.3) is 0 Å². The van der Waals surface area contributed by atoms with Gasteiger partial charge in [-0.2, -0.15) is 0 Å². The van der Waals surface area contributed by atoms with Gasteiger partial charge in [-0.05, 0) is 113 Å². The summed E-state index contributed by atoms with van der Waals surface area (Å²) in [5.74, 6) is 2.48. The Balaban J connectivity index is 1.56. The van der Waals surface area contributed by atoms with E-state index in [4.69, 9.17) is 0 Å². The normalized spacial score (nSPS) is 47.5. The first kappa shape index (κ1) is 21.6. The quantitative estimate of drug-likeness (QED) is 0.534. The van der Waals surface area contributed by atoms with Gasteiger partial charge in [-0.1, -0.05) is 44.1 Å². The minimum atomic E-state index is -0.508. The number of rotatable bonds is 4. The summed E-state index contributed by atoms with van der Waals surface area (Å²) in [6, 6.07) is 0. The van der Waals surface area contributed by atoms with Crippen LogP contribution in [0.5, 0.6) is 0 Å². The second-order valence-corrected chi connectivity index (χ2v) is 11.8. The van der Waals surface area contributed by atoms with Crippen LogP contribution in [0.15, 0.2) is 23.3 Å². The van der Waals surface area contributed by atoms with E-state index in [1.807, 2.05) is 0 Å². The maximum absolute atomic E-state index is 12.0. The molecule has 0 aromatic rings. The van der Waals surface area contributed by atoms with E-state index >= 15 is 0 Å². The lowest BCUT2D eigenvalue weighted by Crippen LogP contribution is -2.56. The smallest absolute Gasteiger partial charge is 0.0729 e. The molecule has 2 heteroatoms. The fourth-order valence-corrected chi connectivity index (χ4v) is 8.36. The van der Waals surface area contributed by atoms with Gasteiger partial charge >= 0.3 is 0 Å². The highest BCUT2D eigenvalue weighted by Crippen LogP contribution is 2.68. The van der Waals surface area contributed by atoms with Crippen molar-refractivity contribution in [1.29, 1.82) is 0 Å². The third-order valence-electron chi connectivity index (χ3n) is 10.3. The number of aliphatic hydroxyl groups excluding tert-OH is 1. The third-order valence-corrected chi connectivity index (χ3v) is 10.3. The van der Waals surface area contributed by atoms with Crippen LogP contribution in [0.3, 0.4) is 0 Å². The molecule has 29 heavy (non-hydrogen) atoms. The molecule has 2 N–H and O–H groups in total. The molecule has 0 spiro atoms. The highest BCUT2D eigenvalue weighted by atomic mass is 16.3. The predicted molar refractivity (Wildman–Crippen MR) is 120 cm³/mol. The molecule has 0 radical (unpaired) electrons. The standard InChI is InChI=1S/C27H44O2/c1-18(2)7-6-8-19(3)27(29)16-13-24-22-10-9-20-17-21(28)11-14-25(20,4)23(22)12-15-26(24,27)5/h7,9,19,21-24,28-29H,6,8,10-17H2,1-5H3/t19-,21+,22-,23+,24+,25+,26+,27+/m1/s1. The van der Waals surface area contributed by atoms with Crippen molar-refractivity contribution in [2.45, 2.75) is 111 Å². The fraction of sp³-hybridized carbons (Fsp3) is 0.852. The third kappa shape index (κ3) is 3.28. The first-order valence-corrected chi connectivity index (χ1v) is 12.3. The number of aliphatic hydroxyl groups is 2. The van der Waals surface area contributed by atoms with Crippen LogP contribution in [-0.2, 0) is 0 Å². The van der Waals surface area contributed by atoms with Gasteiger partial charge in [0.05, 0.1) is 11.7 Å². The fourth-order valence-electron chi connectivity index (χ4n) is 8.36. The lowest BCUT2D eigenvalue weighted by atomic mass is 9.46. The lowest BCUT2D eigenvalue weighted by molar-refractivity contribution is -0.150. The molecule has 0 amide bonds. The Morgan fingerprint density at radius 2 is 1.86 bits per heavy atom. The average Bonchev–Trinajstić information content (AvgIpc) is 2.94. The molecule has 0 saturated heterocycles. The van der Waals surface area contributed by atoms with Crippen LogP contribution in [0.4, 0.5) is 0 Å². The molecule has 0 aliphatic heterocycles. The molecule has 3 saturated carbocycles. The van der Waals surface area contributed by atoms with Crippen LogP contribution in [0, 0.1) is 34.5 Å². The Kier molecular flexibility index (Phi) is 5.61. The molecule has 4 rings (SSSR count). The van der Waals surface area contributed by atoms with E-state index in [1.54, 1.807) is 5.57 Å². The monoisotopic (exact) mass is 400 g/mol. The lowest BCUT2D eigenvalue weighted by Gasteiger charge is -2.59. The average molecular weight is 401 g/mol. The van der Waals surface area contributed by atoms with Crippen LogP contribution in [0.2, 0.25) is 0 Å². The summed E-state index contributed by atoms with van der Waals surface area (Å²) in [5.41, 5.74) is 2.78. The molecule has 0 heterocycles. The minimum absolute atomic E-state index is 0.0639. The predicted octanol–water partition coefficient (Wildman–Crippen LogP) is 6.42. The Bertz CT molecular complexity index is 689. The second kappa shape index (κ2) is 7.52. The van der Waals surface area contributed by atoms with Crippen molar-refractivity contribution < 1.29 is 10.2 Å². The summed E-state index contributed by atoms with van der Waals surface area (Å²) in [6.07, 6.45) is 15.7. The number of hydrogen-bond acceptors (Lipinski definition) is 2. The molecule has 0 aromatic carbocycles. The summed E-state index contributed by atoms with van der Waals surface area (Å²) in [5, 5.41) is 22.2. The molecule has 8 atom stereocenters. The van der Waals surface area contributed by atoms with Gasteiger partial charge in [0.15, 0.2) is 0 Å². The van der Waals surface area contributed by atoms with E-state index in [0.29, 0.717) is 17.3 Å². The number of fused-ring (bicyclic) bond motifs is 5. The van der Waals surface area contributed by atoms with Crippen molar-refractivity contribution in [3.05, 3.63) is 23.3 Å².